The van der Waals surface area contributed by atoms with E-state index < -0.39 is 0 Å². The lowest BCUT2D eigenvalue weighted by atomic mass is 9.82. The first kappa shape index (κ1) is 28.1. The average Bonchev–Trinajstić information content (AvgIpc) is 2.74. The zero-order chi connectivity index (χ0) is 24.6. The van der Waals surface area contributed by atoms with Gasteiger partial charge in [-0.3, -0.25) is 0 Å². The molecule has 0 aliphatic carbocycles. The van der Waals surface area contributed by atoms with Crippen molar-refractivity contribution in [3.05, 3.63) is 22.3 Å². The van der Waals surface area contributed by atoms with Gasteiger partial charge >= 0.3 is 0 Å². The van der Waals surface area contributed by atoms with Gasteiger partial charge in [-0.05, 0) is 75.7 Å². The summed E-state index contributed by atoms with van der Waals surface area (Å²) in [6, 6.07) is 0. The van der Waals surface area contributed by atoms with E-state index in [0.717, 1.165) is 72.3 Å². The lowest BCUT2D eigenvalue weighted by molar-refractivity contribution is 0.0510. The van der Waals surface area contributed by atoms with Crippen LogP contribution in [0.2, 0.25) is 0 Å². The number of phenolic OH excluding ortho intramolecular Hbond substituents is 1. The van der Waals surface area contributed by atoms with Crippen LogP contribution in [-0.4, -0.2) is 10.7 Å². The molecule has 33 heavy (non-hydrogen) atoms. The number of rotatable bonds is 14. The average molecular weight is 459 g/mol. The van der Waals surface area contributed by atoms with Crippen molar-refractivity contribution >= 4 is 0 Å². The molecule has 0 saturated heterocycles. The molecule has 1 N–H and O–H groups in total. The van der Waals surface area contributed by atoms with Crippen molar-refractivity contribution in [3.63, 3.8) is 0 Å². The van der Waals surface area contributed by atoms with Gasteiger partial charge in [-0.1, -0.05) is 86.5 Å². The molecular formula is C31H54O2. The van der Waals surface area contributed by atoms with Gasteiger partial charge in [-0.25, -0.2) is 0 Å². The Balaban J connectivity index is 1.81. The summed E-state index contributed by atoms with van der Waals surface area (Å²) >= 11 is 0. The fraction of sp³-hybridized carbons (Fsp3) is 0.806. The minimum absolute atomic E-state index is 0.0740. The molecule has 0 amide bonds. The van der Waals surface area contributed by atoms with Crippen LogP contribution in [0.15, 0.2) is 0 Å². The SMILES string of the molecule is CCc1c(C)c2c(c(CC)c1O)CC[C@@](C)(CCC[C@H](C)CCC[C@H](C)CCCC(C)C)O2. The molecule has 0 radical (unpaired) electrons. The van der Waals surface area contributed by atoms with Crippen LogP contribution in [0.4, 0.5) is 0 Å². The van der Waals surface area contributed by atoms with E-state index in [2.05, 4.69) is 55.4 Å². The van der Waals surface area contributed by atoms with Crippen molar-refractivity contribution < 1.29 is 9.84 Å². The number of phenols is 1. The predicted molar refractivity (Wildman–Crippen MR) is 144 cm³/mol. The smallest absolute Gasteiger partial charge is 0.127 e. The summed E-state index contributed by atoms with van der Waals surface area (Å²) in [7, 11) is 0. The van der Waals surface area contributed by atoms with E-state index in [1.165, 1.54) is 56.9 Å². The van der Waals surface area contributed by atoms with Crippen molar-refractivity contribution in [2.75, 3.05) is 0 Å². The zero-order valence-corrected chi connectivity index (χ0v) is 23.3. The largest absolute Gasteiger partial charge is 0.507 e. The quantitative estimate of drug-likeness (QED) is 0.301. The van der Waals surface area contributed by atoms with E-state index in [1.54, 1.807) is 0 Å². The van der Waals surface area contributed by atoms with E-state index in [0.29, 0.717) is 5.75 Å². The summed E-state index contributed by atoms with van der Waals surface area (Å²) in [5.41, 5.74) is 4.53. The molecule has 0 bridgehead atoms. The Bertz CT molecular complexity index is 735. The number of hydrogen-bond acceptors (Lipinski definition) is 2. The summed E-state index contributed by atoms with van der Waals surface area (Å²) in [6.45, 7) is 18.3. The number of aromatic hydroxyl groups is 1. The summed E-state index contributed by atoms with van der Waals surface area (Å²) in [6.07, 6.45) is 15.8. The summed E-state index contributed by atoms with van der Waals surface area (Å²) in [5, 5.41) is 10.8. The zero-order valence-electron chi connectivity index (χ0n) is 23.3. The van der Waals surface area contributed by atoms with Gasteiger partial charge in [0.25, 0.3) is 0 Å². The molecule has 1 aromatic carbocycles. The molecule has 1 aromatic rings. The molecule has 1 aliphatic heterocycles. The molecular weight excluding hydrogens is 404 g/mol. The van der Waals surface area contributed by atoms with Crippen LogP contribution in [0, 0.1) is 24.7 Å². The minimum atomic E-state index is -0.0740. The summed E-state index contributed by atoms with van der Waals surface area (Å²) in [4.78, 5) is 0. The lowest BCUT2D eigenvalue weighted by Gasteiger charge is -2.38. The van der Waals surface area contributed by atoms with E-state index >= 15 is 0 Å². The molecule has 0 fully saturated rings. The fourth-order valence-corrected chi connectivity index (χ4v) is 5.88. The van der Waals surface area contributed by atoms with Crippen molar-refractivity contribution in [1.29, 1.82) is 0 Å². The molecule has 0 spiro atoms. The highest BCUT2D eigenvalue weighted by atomic mass is 16.5. The van der Waals surface area contributed by atoms with Crippen LogP contribution in [0.1, 0.15) is 135 Å². The number of benzene rings is 1. The number of fused-ring (bicyclic) bond motifs is 1. The maximum Gasteiger partial charge on any atom is 0.127 e. The van der Waals surface area contributed by atoms with Gasteiger partial charge in [-0.2, -0.15) is 0 Å². The maximum absolute atomic E-state index is 10.8. The molecule has 0 saturated carbocycles. The molecule has 2 nitrogen and oxygen atoms in total. The van der Waals surface area contributed by atoms with Gasteiger partial charge < -0.3 is 9.84 Å². The highest BCUT2D eigenvalue weighted by Gasteiger charge is 2.34. The van der Waals surface area contributed by atoms with Crippen LogP contribution in [0.3, 0.4) is 0 Å². The second-order valence-electron chi connectivity index (χ2n) is 11.9. The molecule has 190 valence electrons. The Hall–Kier alpha value is -1.18. The minimum Gasteiger partial charge on any atom is -0.507 e. The van der Waals surface area contributed by atoms with Crippen LogP contribution >= 0.6 is 0 Å². The van der Waals surface area contributed by atoms with Crippen molar-refractivity contribution in [2.24, 2.45) is 17.8 Å². The molecule has 0 aromatic heterocycles. The maximum atomic E-state index is 10.8. The Labute approximate surface area is 205 Å². The van der Waals surface area contributed by atoms with Crippen LogP contribution < -0.4 is 4.74 Å². The Morgan fingerprint density at radius 1 is 0.848 bits per heavy atom. The van der Waals surface area contributed by atoms with Crippen LogP contribution in [-0.2, 0) is 19.3 Å². The lowest BCUT2D eigenvalue weighted by Crippen LogP contribution is -2.37. The normalized spacial score (nSPS) is 19.9. The third-order valence-corrected chi connectivity index (χ3v) is 8.24. The number of hydrogen-bond donors (Lipinski definition) is 1. The first-order valence-corrected chi connectivity index (χ1v) is 14.2. The Morgan fingerprint density at radius 3 is 1.94 bits per heavy atom. The first-order chi connectivity index (χ1) is 15.6. The van der Waals surface area contributed by atoms with Gasteiger partial charge in [0.2, 0.25) is 0 Å². The fourth-order valence-electron chi connectivity index (χ4n) is 5.88. The highest BCUT2D eigenvalue weighted by Crippen LogP contribution is 2.45. The van der Waals surface area contributed by atoms with E-state index in [1.807, 2.05) is 0 Å². The number of ether oxygens (including phenoxy) is 1. The topological polar surface area (TPSA) is 29.5 Å². The van der Waals surface area contributed by atoms with Gasteiger partial charge in [-0.15, -0.1) is 0 Å². The third-order valence-electron chi connectivity index (χ3n) is 8.24. The van der Waals surface area contributed by atoms with Crippen LogP contribution in [0.5, 0.6) is 11.5 Å². The second-order valence-corrected chi connectivity index (χ2v) is 11.9. The highest BCUT2D eigenvalue weighted by molar-refractivity contribution is 5.59. The van der Waals surface area contributed by atoms with Crippen molar-refractivity contribution in [2.45, 2.75) is 144 Å². The summed E-state index contributed by atoms with van der Waals surface area (Å²) < 4.78 is 6.73. The molecule has 1 heterocycles. The van der Waals surface area contributed by atoms with Gasteiger partial charge in [0.15, 0.2) is 0 Å². The molecule has 0 unspecified atom stereocenters. The van der Waals surface area contributed by atoms with Gasteiger partial charge in [0, 0.05) is 16.7 Å². The molecule has 2 heteroatoms. The van der Waals surface area contributed by atoms with E-state index in [9.17, 15) is 5.11 Å². The third kappa shape index (κ3) is 7.93. The Morgan fingerprint density at radius 2 is 1.39 bits per heavy atom. The van der Waals surface area contributed by atoms with Crippen LogP contribution in [0.25, 0.3) is 0 Å². The van der Waals surface area contributed by atoms with Gasteiger partial charge in [0.1, 0.15) is 17.1 Å². The molecule has 2 rings (SSSR count). The standard InChI is InChI=1S/C31H54O2/c1-9-26-25(7)30-28(27(10-2)29(26)32)19-21-31(8,33-30)20-13-18-24(6)17-12-16-23(5)15-11-14-22(3)4/h22-24,32H,9-21H2,1-8H3/t23-,24-,31-/m1/s1. The molecule has 1 aliphatic rings. The Kier molecular flexibility index (Phi) is 11.1. The first-order valence-electron chi connectivity index (χ1n) is 14.2. The van der Waals surface area contributed by atoms with E-state index in [-0.39, 0.29) is 5.60 Å². The van der Waals surface area contributed by atoms with Crippen molar-refractivity contribution in [3.8, 4) is 11.5 Å². The van der Waals surface area contributed by atoms with Crippen molar-refractivity contribution in [1.82, 2.24) is 0 Å². The monoisotopic (exact) mass is 458 g/mol. The van der Waals surface area contributed by atoms with E-state index in [4.69, 9.17) is 4.74 Å². The predicted octanol–water partition coefficient (Wildman–Crippen LogP) is 9.35. The second kappa shape index (κ2) is 13.1. The molecule has 3 atom stereocenters. The van der Waals surface area contributed by atoms with Gasteiger partial charge in [0.05, 0.1) is 0 Å². The summed E-state index contributed by atoms with van der Waals surface area (Å²) in [5.74, 6) is 4.14.